The van der Waals surface area contributed by atoms with Crippen LogP contribution >= 0.6 is 0 Å². The fraction of sp³-hybridized carbons (Fsp3) is 0.429. The van der Waals surface area contributed by atoms with Gasteiger partial charge in [0.15, 0.2) is 5.65 Å². The maximum absolute atomic E-state index is 12.8. The third-order valence-electron chi connectivity index (χ3n) is 5.90. The van der Waals surface area contributed by atoms with Gasteiger partial charge in [0, 0.05) is 31.4 Å². The molecule has 4 heterocycles. The molecule has 0 radical (unpaired) electrons. The number of carbonyl (C=O) groups excluding carboxylic acids is 1. The summed E-state index contributed by atoms with van der Waals surface area (Å²) in [6.07, 6.45) is 9.39. The summed E-state index contributed by atoms with van der Waals surface area (Å²) >= 11 is 0. The molecule has 1 aliphatic carbocycles. The second kappa shape index (κ2) is 6.76. The Morgan fingerprint density at radius 1 is 1.00 bits per heavy atom. The molecule has 1 aliphatic heterocycles. The number of nitrogens with zero attached hydrogens (tertiary/aromatic N) is 5. The van der Waals surface area contributed by atoms with E-state index in [4.69, 9.17) is 4.98 Å². The Morgan fingerprint density at radius 3 is 2.67 bits per heavy atom. The predicted octanol–water partition coefficient (Wildman–Crippen LogP) is 3.57. The van der Waals surface area contributed by atoms with Crippen molar-refractivity contribution < 1.29 is 4.79 Å². The average molecular weight is 361 g/mol. The van der Waals surface area contributed by atoms with Crippen LogP contribution in [0.15, 0.2) is 42.7 Å². The molecule has 1 saturated heterocycles. The van der Waals surface area contributed by atoms with E-state index in [9.17, 15) is 4.79 Å². The summed E-state index contributed by atoms with van der Waals surface area (Å²) in [6, 6.07) is 9.70. The number of imidazole rings is 1. The lowest BCUT2D eigenvalue weighted by molar-refractivity contribution is 0.0782. The van der Waals surface area contributed by atoms with Crippen molar-refractivity contribution >= 4 is 17.1 Å². The van der Waals surface area contributed by atoms with Gasteiger partial charge in [0.05, 0.1) is 6.04 Å². The molecule has 27 heavy (non-hydrogen) atoms. The van der Waals surface area contributed by atoms with Crippen LogP contribution in [0.5, 0.6) is 0 Å². The summed E-state index contributed by atoms with van der Waals surface area (Å²) < 4.78 is 2.33. The molecule has 6 nitrogen and oxygen atoms in total. The van der Waals surface area contributed by atoms with E-state index in [1.807, 2.05) is 35.4 Å². The van der Waals surface area contributed by atoms with Crippen LogP contribution in [0, 0.1) is 0 Å². The van der Waals surface area contributed by atoms with E-state index >= 15 is 0 Å². The van der Waals surface area contributed by atoms with Gasteiger partial charge in [0.2, 0.25) is 0 Å². The minimum Gasteiger partial charge on any atom is -0.335 e. The SMILES string of the molecule is O=C(c1ccccn1)N1CC[C@@H](n2c(C3CCCC3)nc3cccnc32)C1. The number of rotatable bonds is 3. The lowest BCUT2D eigenvalue weighted by Crippen LogP contribution is -2.30. The zero-order valence-electron chi connectivity index (χ0n) is 15.3. The molecule has 1 saturated carbocycles. The number of fused-ring (bicyclic) bond motifs is 1. The molecular formula is C21H23N5O. The number of likely N-dealkylation sites (tertiary alicyclic amines) is 1. The number of hydrogen-bond acceptors (Lipinski definition) is 4. The number of aromatic nitrogens is 4. The van der Waals surface area contributed by atoms with Gasteiger partial charge in [-0.05, 0) is 43.5 Å². The molecule has 0 bridgehead atoms. The monoisotopic (exact) mass is 361 g/mol. The Kier molecular flexibility index (Phi) is 4.11. The topological polar surface area (TPSA) is 63.9 Å². The molecule has 0 unspecified atom stereocenters. The smallest absolute Gasteiger partial charge is 0.272 e. The van der Waals surface area contributed by atoms with Crippen LogP contribution in [0.1, 0.15) is 60.4 Å². The highest BCUT2D eigenvalue weighted by Crippen LogP contribution is 2.38. The van der Waals surface area contributed by atoms with Gasteiger partial charge in [-0.15, -0.1) is 0 Å². The van der Waals surface area contributed by atoms with Crippen LogP contribution in [0.25, 0.3) is 11.2 Å². The molecule has 2 fully saturated rings. The summed E-state index contributed by atoms with van der Waals surface area (Å²) in [5.74, 6) is 1.69. The highest BCUT2D eigenvalue weighted by molar-refractivity contribution is 5.92. The van der Waals surface area contributed by atoms with Crippen LogP contribution in [-0.2, 0) is 0 Å². The summed E-state index contributed by atoms with van der Waals surface area (Å²) in [4.78, 5) is 28.5. The largest absolute Gasteiger partial charge is 0.335 e. The van der Waals surface area contributed by atoms with Crippen molar-refractivity contribution in [1.82, 2.24) is 24.4 Å². The molecule has 1 amide bonds. The van der Waals surface area contributed by atoms with Crippen LogP contribution < -0.4 is 0 Å². The van der Waals surface area contributed by atoms with Crippen molar-refractivity contribution in [2.45, 2.75) is 44.1 Å². The van der Waals surface area contributed by atoms with Crippen LogP contribution in [0.2, 0.25) is 0 Å². The first kappa shape index (κ1) is 16.4. The highest BCUT2D eigenvalue weighted by atomic mass is 16.2. The minimum absolute atomic E-state index is 0.0119. The van der Waals surface area contributed by atoms with Gasteiger partial charge in [0.25, 0.3) is 5.91 Å². The van der Waals surface area contributed by atoms with Gasteiger partial charge < -0.3 is 9.47 Å². The first-order valence-corrected chi connectivity index (χ1v) is 9.84. The second-order valence-corrected chi connectivity index (χ2v) is 7.58. The maximum atomic E-state index is 12.8. The molecule has 0 aromatic carbocycles. The Balaban J connectivity index is 1.47. The number of pyridine rings is 2. The van der Waals surface area contributed by atoms with Crippen LogP contribution in [0.4, 0.5) is 0 Å². The van der Waals surface area contributed by atoms with E-state index in [1.54, 1.807) is 12.3 Å². The molecule has 1 atom stereocenters. The third-order valence-corrected chi connectivity index (χ3v) is 5.90. The van der Waals surface area contributed by atoms with Crippen molar-refractivity contribution in [3.05, 3.63) is 54.2 Å². The number of carbonyl (C=O) groups is 1. The molecule has 6 heteroatoms. The molecule has 0 spiro atoms. The predicted molar refractivity (Wildman–Crippen MR) is 103 cm³/mol. The van der Waals surface area contributed by atoms with E-state index < -0.39 is 0 Å². The average Bonchev–Trinajstić information content (AvgIpc) is 3.46. The molecule has 2 aliphatic rings. The summed E-state index contributed by atoms with van der Waals surface area (Å²) in [5.41, 5.74) is 2.44. The van der Waals surface area contributed by atoms with E-state index in [2.05, 4.69) is 14.5 Å². The van der Waals surface area contributed by atoms with Crippen LogP contribution in [0.3, 0.4) is 0 Å². The fourth-order valence-electron chi connectivity index (χ4n) is 4.57. The molecule has 138 valence electrons. The van der Waals surface area contributed by atoms with Gasteiger partial charge in [-0.1, -0.05) is 18.9 Å². The normalized spacial score (nSPS) is 20.6. The molecule has 0 N–H and O–H groups in total. The van der Waals surface area contributed by atoms with E-state index in [-0.39, 0.29) is 11.9 Å². The number of amides is 1. The van der Waals surface area contributed by atoms with Gasteiger partial charge in [-0.25, -0.2) is 9.97 Å². The molecular weight excluding hydrogens is 338 g/mol. The fourth-order valence-corrected chi connectivity index (χ4v) is 4.57. The lowest BCUT2D eigenvalue weighted by Gasteiger charge is -2.20. The Labute approximate surface area is 158 Å². The van der Waals surface area contributed by atoms with E-state index in [0.717, 1.165) is 24.1 Å². The van der Waals surface area contributed by atoms with Gasteiger partial charge >= 0.3 is 0 Å². The Bertz CT molecular complexity index is 961. The Hall–Kier alpha value is -2.76. The van der Waals surface area contributed by atoms with Crippen molar-refractivity contribution in [2.24, 2.45) is 0 Å². The zero-order chi connectivity index (χ0) is 18.2. The van der Waals surface area contributed by atoms with Crippen molar-refractivity contribution in [3.63, 3.8) is 0 Å². The first-order valence-electron chi connectivity index (χ1n) is 9.84. The quantitative estimate of drug-likeness (QED) is 0.715. The summed E-state index contributed by atoms with van der Waals surface area (Å²) in [7, 11) is 0. The zero-order valence-corrected chi connectivity index (χ0v) is 15.3. The molecule has 5 rings (SSSR count). The van der Waals surface area contributed by atoms with Crippen LogP contribution in [-0.4, -0.2) is 43.4 Å². The summed E-state index contributed by atoms with van der Waals surface area (Å²) in [6.45, 7) is 1.44. The summed E-state index contributed by atoms with van der Waals surface area (Å²) in [5, 5.41) is 0. The lowest BCUT2D eigenvalue weighted by atomic mass is 10.1. The second-order valence-electron chi connectivity index (χ2n) is 7.58. The third kappa shape index (κ3) is 2.89. The number of hydrogen-bond donors (Lipinski definition) is 0. The van der Waals surface area contributed by atoms with Gasteiger partial charge in [-0.3, -0.25) is 9.78 Å². The van der Waals surface area contributed by atoms with Gasteiger partial charge in [0.1, 0.15) is 17.0 Å². The highest BCUT2D eigenvalue weighted by Gasteiger charge is 2.33. The minimum atomic E-state index is 0.0119. The first-order chi connectivity index (χ1) is 13.3. The van der Waals surface area contributed by atoms with E-state index in [0.29, 0.717) is 18.2 Å². The Morgan fingerprint density at radius 2 is 1.85 bits per heavy atom. The van der Waals surface area contributed by atoms with Crippen molar-refractivity contribution in [2.75, 3.05) is 13.1 Å². The van der Waals surface area contributed by atoms with Gasteiger partial charge in [-0.2, -0.15) is 0 Å². The van der Waals surface area contributed by atoms with E-state index in [1.165, 1.54) is 31.5 Å². The van der Waals surface area contributed by atoms with Crippen molar-refractivity contribution in [1.29, 1.82) is 0 Å². The molecule has 3 aromatic rings. The maximum Gasteiger partial charge on any atom is 0.272 e. The standard InChI is InChI=1S/C21H23N5O/c27-21(18-8-3-4-11-22-18)25-13-10-16(14-25)26-19(15-6-1-2-7-15)24-17-9-5-12-23-20(17)26/h3-5,8-9,11-12,15-16H,1-2,6-7,10,13-14H2/t16-/m1/s1. The molecule has 3 aromatic heterocycles. The van der Waals surface area contributed by atoms with Crippen molar-refractivity contribution in [3.8, 4) is 0 Å².